The van der Waals surface area contributed by atoms with Gasteiger partial charge in [0.05, 0.1) is 17.6 Å². The number of sulfonamides is 1. The van der Waals surface area contributed by atoms with Gasteiger partial charge in [-0.2, -0.15) is 4.31 Å². The van der Waals surface area contributed by atoms with Crippen molar-refractivity contribution in [1.82, 2.24) is 4.31 Å². The van der Waals surface area contributed by atoms with E-state index in [1.54, 1.807) is 6.92 Å². The molecule has 0 radical (unpaired) electrons. The molecule has 0 aromatic heterocycles. The average Bonchev–Trinajstić information content (AvgIpc) is 2.39. The molecule has 1 aromatic rings. The summed E-state index contributed by atoms with van der Waals surface area (Å²) in [5.41, 5.74) is 5.51. The quantitative estimate of drug-likeness (QED) is 0.882. The number of benzene rings is 1. The van der Waals surface area contributed by atoms with Crippen molar-refractivity contribution in [3.05, 3.63) is 30.1 Å². The fourth-order valence-corrected chi connectivity index (χ4v) is 3.71. The van der Waals surface area contributed by atoms with E-state index >= 15 is 0 Å². The highest BCUT2D eigenvalue weighted by atomic mass is 32.2. The van der Waals surface area contributed by atoms with Crippen LogP contribution in [0.1, 0.15) is 6.92 Å². The number of halogens is 1. The molecule has 1 aliphatic heterocycles. The van der Waals surface area contributed by atoms with Gasteiger partial charge in [0, 0.05) is 19.1 Å². The van der Waals surface area contributed by atoms with Crippen LogP contribution in [0, 0.1) is 5.82 Å². The van der Waals surface area contributed by atoms with Gasteiger partial charge in [0.25, 0.3) is 0 Å². The summed E-state index contributed by atoms with van der Waals surface area (Å²) in [5.74, 6) is -0.572. The maximum absolute atomic E-state index is 13.2. The predicted octanol–water partition coefficient (Wildman–Crippen LogP) is 0.562. The summed E-state index contributed by atoms with van der Waals surface area (Å²) in [6.07, 6.45) is -0.320. The number of hydrogen-bond donors (Lipinski definition) is 1. The van der Waals surface area contributed by atoms with E-state index in [0.29, 0.717) is 0 Å². The van der Waals surface area contributed by atoms with Gasteiger partial charge in [-0.25, -0.2) is 12.8 Å². The van der Waals surface area contributed by atoms with E-state index in [2.05, 4.69) is 0 Å². The van der Waals surface area contributed by atoms with Crippen LogP contribution < -0.4 is 5.73 Å². The van der Waals surface area contributed by atoms with Crippen molar-refractivity contribution in [3.8, 4) is 0 Å². The lowest BCUT2D eigenvalue weighted by Gasteiger charge is -2.36. The van der Waals surface area contributed by atoms with Crippen LogP contribution in [0.3, 0.4) is 0 Å². The van der Waals surface area contributed by atoms with E-state index in [0.717, 1.165) is 6.07 Å². The zero-order valence-corrected chi connectivity index (χ0v) is 11.4. The van der Waals surface area contributed by atoms with Crippen LogP contribution in [0.25, 0.3) is 0 Å². The Morgan fingerprint density at radius 2 is 2.26 bits per heavy atom. The minimum Gasteiger partial charge on any atom is -0.374 e. The average molecular weight is 288 g/mol. The molecule has 2 rings (SSSR count). The van der Waals surface area contributed by atoms with Crippen LogP contribution in [0.15, 0.2) is 29.2 Å². The van der Waals surface area contributed by atoms with Crippen molar-refractivity contribution in [1.29, 1.82) is 0 Å². The summed E-state index contributed by atoms with van der Waals surface area (Å²) in [6.45, 7) is 2.48. The lowest BCUT2D eigenvalue weighted by molar-refractivity contribution is -0.0219. The molecule has 1 fully saturated rings. The number of nitrogens with zero attached hydrogens (tertiary/aromatic N) is 1. The van der Waals surface area contributed by atoms with Gasteiger partial charge in [-0.15, -0.1) is 0 Å². The second kappa shape index (κ2) is 5.54. The van der Waals surface area contributed by atoms with E-state index in [1.807, 2.05) is 0 Å². The molecule has 0 saturated carbocycles. The fraction of sp³-hybridized carbons (Fsp3) is 0.500. The molecule has 106 valence electrons. The molecule has 2 atom stereocenters. The van der Waals surface area contributed by atoms with Gasteiger partial charge in [-0.3, -0.25) is 0 Å². The van der Waals surface area contributed by atoms with Gasteiger partial charge in [-0.1, -0.05) is 6.07 Å². The highest BCUT2D eigenvalue weighted by Gasteiger charge is 2.35. The molecule has 5 nitrogen and oxygen atoms in total. The van der Waals surface area contributed by atoms with E-state index < -0.39 is 15.8 Å². The molecular weight excluding hydrogens is 271 g/mol. The van der Waals surface area contributed by atoms with E-state index in [4.69, 9.17) is 10.5 Å². The smallest absolute Gasteiger partial charge is 0.243 e. The van der Waals surface area contributed by atoms with E-state index in [-0.39, 0.29) is 36.7 Å². The van der Waals surface area contributed by atoms with Gasteiger partial charge in [-0.05, 0) is 25.1 Å². The first-order valence-corrected chi connectivity index (χ1v) is 7.48. The SMILES string of the molecule is CC1COC(CN)CN1S(=O)(=O)c1cccc(F)c1. The summed E-state index contributed by atoms with van der Waals surface area (Å²) >= 11 is 0. The highest BCUT2D eigenvalue weighted by molar-refractivity contribution is 7.89. The molecule has 2 N–H and O–H groups in total. The maximum Gasteiger partial charge on any atom is 0.243 e. The Labute approximate surface area is 112 Å². The molecule has 0 aliphatic carbocycles. The Kier molecular flexibility index (Phi) is 4.19. The topological polar surface area (TPSA) is 72.6 Å². The molecule has 0 spiro atoms. The zero-order valence-electron chi connectivity index (χ0n) is 10.6. The summed E-state index contributed by atoms with van der Waals surface area (Å²) in [5, 5.41) is 0. The second-order valence-corrected chi connectivity index (χ2v) is 6.46. The normalized spacial score (nSPS) is 25.4. The van der Waals surface area contributed by atoms with Crippen LogP contribution in [-0.4, -0.2) is 44.6 Å². The molecule has 2 unspecified atom stereocenters. The first-order chi connectivity index (χ1) is 8.95. The number of morpholine rings is 1. The summed E-state index contributed by atoms with van der Waals surface area (Å²) < 4.78 is 44.9. The van der Waals surface area contributed by atoms with Gasteiger partial charge in [0.15, 0.2) is 0 Å². The van der Waals surface area contributed by atoms with Gasteiger partial charge in [0.1, 0.15) is 5.82 Å². The predicted molar refractivity (Wildman–Crippen MR) is 68.5 cm³/mol. The van der Waals surface area contributed by atoms with Crippen molar-refractivity contribution < 1.29 is 17.5 Å². The van der Waals surface area contributed by atoms with Gasteiger partial charge < -0.3 is 10.5 Å². The largest absolute Gasteiger partial charge is 0.374 e. The van der Waals surface area contributed by atoms with Crippen LogP contribution in [0.2, 0.25) is 0 Å². The zero-order chi connectivity index (χ0) is 14.0. The maximum atomic E-state index is 13.2. The van der Waals surface area contributed by atoms with Crippen LogP contribution in [-0.2, 0) is 14.8 Å². The Morgan fingerprint density at radius 1 is 1.53 bits per heavy atom. The first-order valence-electron chi connectivity index (χ1n) is 6.04. The van der Waals surface area contributed by atoms with Crippen molar-refractivity contribution in [2.24, 2.45) is 5.73 Å². The molecule has 1 heterocycles. The third kappa shape index (κ3) is 2.94. The van der Waals surface area contributed by atoms with Crippen molar-refractivity contribution in [2.75, 3.05) is 19.7 Å². The molecule has 0 bridgehead atoms. The lowest BCUT2D eigenvalue weighted by Crippen LogP contribution is -2.52. The Morgan fingerprint density at radius 3 is 2.89 bits per heavy atom. The molecule has 1 saturated heterocycles. The van der Waals surface area contributed by atoms with Crippen molar-refractivity contribution >= 4 is 10.0 Å². The molecule has 19 heavy (non-hydrogen) atoms. The molecule has 1 aromatic carbocycles. The highest BCUT2D eigenvalue weighted by Crippen LogP contribution is 2.22. The van der Waals surface area contributed by atoms with Gasteiger partial charge >= 0.3 is 0 Å². The van der Waals surface area contributed by atoms with E-state index in [9.17, 15) is 12.8 Å². The fourth-order valence-electron chi connectivity index (χ4n) is 2.03. The second-order valence-electron chi connectivity index (χ2n) is 4.57. The van der Waals surface area contributed by atoms with Crippen molar-refractivity contribution in [3.63, 3.8) is 0 Å². The summed E-state index contributed by atoms with van der Waals surface area (Å²) in [7, 11) is -3.72. The summed E-state index contributed by atoms with van der Waals surface area (Å²) in [4.78, 5) is -0.0444. The third-order valence-electron chi connectivity index (χ3n) is 3.11. The van der Waals surface area contributed by atoms with Gasteiger partial charge in [0.2, 0.25) is 10.0 Å². The van der Waals surface area contributed by atoms with Crippen LogP contribution in [0.5, 0.6) is 0 Å². The van der Waals surface area contributed by atoms with E-state index in [1.165, 1.54) is 22.5 Å². The number of nitrogens with two attached hydrogens (primary N) is 1. The number of hydrogen-bond acceptors (Lipinski definition) is 4. The molecule has 7 heteroatoms. The minimum atomic E-state index is -3.72. The Balaban J connectivity index is 2.32. The van der Waals surface area contributed by atoms with Crippen LogP contribution >= 0.6 is 0 Å². The first kappa shape index (κ1) is 14.4. The minimum absolute atomic E-state index is 0.0444. The molecular formula is C12H17FN2O3S. The Bertz CT molecular complexity index is 550. The number of ether oxygens (including phenoxy) is 1. The summed E-state index contributed by atoms with van der Waals surface area (Å²) in [6, 6.07) is 4.71. The molecule has 1 aliphatic rings. The van der Waals surface area contributed by atoms with Crippen molar-refractivity contribution in [2.45, 2.75) is 24.0 Å². The molecule has 0 amide bonds. The monoisotopic (exact) mass is 288 g/mol. The third-order valence-corrected chi connectivity index (χ3v) is 5.09. The standard InChI is InChI=1S/C12H17FN2O3S/c1-9-8-18-11(6-14)7-15(9)19(16,17)12-4-2-3-10(13)5-12/h2-5,9,11H,6-8,14H2,1H3. The number of rotatable bonds is 3. The van der Waals surface area contributed by atoms with Crippen LogP contribution in [0.4, 0.5) is 4.39 Å². The Hall–Kier alpha value is -1.02. The lowest BCUT2D eigenvalue weighted by atomic mass is 10.2.